The minimum absolute atomic E-state index is 0.0617. The Labute approximate surface area is 194 Å². The molecule has 0 unspecified atom stereocenters. The summed E-state index contributed by atoms with van der Waals surface area (Å²) in [5.41, 5.74) is 1.63. The van der Waals surface area contributed by atoms with Crippen molar-refractivity contribution in [2.45, 2.75) is 32.5 Å². The molecule has 0 bridgehead atoms. The van der Waals surface area contributed by atoms with Gasteiger partial charge in [0.2, 0.25) is 0 Å². The second-order valence-electron chi connectivity index (χ2n) is 6.61. The fraction of sp³-hybridized carbons (Fsp3) is 0.333. The van der Waals surface area contributed by atoms with Crippen molar-refractivity contribution in [3.63, 3.8) is 0 Å². The van der Waals surface area contributed by atoms with Crippen LogP contribution in [0.25, 0.3) is 0 Å². The molecule has 0 aliphatic rings. The molecule has 1 amide bonds. The Kier molecular flexibility index (Phi) is 9.72. The van der Waals surface area contributed by atoms with E-state index in [1.807, 2.05) is 0 Å². The van der Waals surface area contributed by atoms with Gasteiger partial charge < -0.3 is 19.5 Å². The maximum atomic E-state index is 12.6. The molecule has 10 heteroatoms. The highest BCUT2D eigenvalue weighted by molar-refractivity contribution is 9.10. The van der Waals surface area contributed by atoms with Gasteiger partial charge in [0, 0.05) is 21.5 Å². The number of carboxylic acid groups (broad SMARTS) is 1. The summed E-state index contributed by atoms with van der Waals surface area (Å²) in [5, 5.41) is 12.5. The first-order valence-corrected chi connectivity index (χ1v) is 12.5. The summed E-state index contributed by atoms with van der Waals surface area (Å²) in [6.45, 7) is 3.99. The van der Waals surface area contributed by atoms with Crippen molar-refractivity contribution in [2.75, 3.05) is 13.2 Å². The number of carbonyl (C=O) groups is 2. The van der Waals surface area contributed by atoms with Gasteiger partial charge in [0.05, 0.1) is 19.4 Å². The topological polar surface area (TPSA) is 102 Å². The van der Waals surface area contributed by atoms with Gasteiger partial charge in [-0.25, -0.2) is 4.79 Å². The third-order valence-corrected chi connectivity index (χ3v) is 7.34. The van der Waals surface area contributed by atoms with Crippen molar-refractivity contribution in [3.8, 4) is 0 Å². The van der Waals surface area contributed by atoms with Crippen molar-refractivity contribution in [1.82, 2.24) is 5.32 Å². The van der Waals surface area contributed by atoms with Crippen molar-refractivity contribution in [3.05, 3.63) is 68.7 Å². The van der Waals surface area contributed by atoms with E-state index in [1.165, 1.54) is 0 Å². The lowest BCUT2D eigenvalue weighted by atomic mass is 10.1. The normalized spacial score (nSPS) is 12.4. The van der Waals surface area contributed by atoms with E-state index in [9.17, 15) is 19.3 Å². The molecular weight excluding hydrogens is 509 g/mol. The first kappa shape index (κ1) is 25.6. The second kappa shape index (κ2) is 11.8. The van der Waals surface area contributed by atoms with Crippen molar-refractivity contribution >= 4 is 47.0 Å². The van der Waals surface area contributed by atoms with Crippen LogP contribution >= 0.6 is 35.1 Å². The van der Waals surface area contributed by atoms with Gasteiger partial charge in [-0.3, -0.25) is 9.36 Å². The Bertz CT molecular complexity index is 959. The Morgan fingerprint density at radius 3 is 2.29 bits per heavy atom. The molecule has 31 heavy (non-hydrogen) atoms. The molecule has 0 aromatic heterocycles. The third-order valence-electron chi connectivity index (χ3n) is 4.28. The van der Waals surface area contributed by atoms with Gasteiger partial charge in [-0.2, -0.15) is 0 Å². The Morgan fingerprint density at radius 1 is 1.13 bits per heavy atom. The zero-order valence-corrected chi connectivity index (χ0v) is 20.4. The molecule has 2 aromatic rings. The molecule has 0 radical (unpaired) electrons. The summed E-state index contributed by atoms with van der Waals surface area (Å²) < 4.78 is 23.9. The van der Waals surface area contributed by atoms with Gasteiger partial charge in [-0.15, -0.1) is 0 Å². The summed E-state index contributed by atoms with van der Waals surface area (Å²) in [6, 6.07) is 10.3. The first-order chi connectivity index (χ1) is 14.7. The molecule has 0 saturated carbocycles. The van der Waals surface area contributed by atoms with Crippen molar-refractivity contribution in [1.29, 1.82) is 0 Å². The van der Waals surface area contributed by atoms with Crippen LogP contribution in [0.2, 0.25) is 5.02 Å². The van der Waals surface area contributed by atoms with Crippen LogP contribution in [-0.4, -0.2) is 36.2 Å². The Hall–Kier alpha value is -1.70. The average molecular weight is 533 g/mol. The van der Waals surface area contributed by atoms with E-state index in [4.69, 9.17) is 20.6 Å². The fourth-order valence-electron chi connectivity index (χ4n) is 2.87. The molecular formula is C21H24BrClNO6P. The van der Waals surface area contributed by atoms with Crippen LogP contribution < -0.4 is 5.32 Å². The molecule has 7 nitrogen and oxygen atoms in total. The maximum Gasteiger partial charge on any atom is 0.335 e. The third kappa shape index (κ3) is 7.74. The molecule has 2 N–H and O–H groups in total. The van der Waals surface area contributed by atoms with Gasteiger partial charge in [0.1, 0.15) is 6.04 Å². The van der Waals surface area contributed by atoms with Gasteiger partial charge in [0.15, 0.2) is 0 Å². The van der Waals surface area contributed by atoms with Crippen LogP contribution in [0.5, 0.6) is 0 Å². The monoisotopic (exact) mass is 531 g/mol. The largest absolute Gasteiger partial charge is 0.480 e. The molecule has 0 aliphatic carbocycles. The minimum atomic E-state index is -3.26. The van der Waals surface area contributed by atoms with Crippen LogP contribution in [-0.2, 0) is 31.0 Å². The first-order valence-electron chi connectivity index (χ1n) is 9.62. The number of hydrogen-bond acceptors (Lipinski definition) is 5. The maximum absolute atomic E-state index is 12.6. The van der Waals surface area contributed by atoms with Crippen molar-refractivity contribution in [2.24, 2.45) is 0 Å². The molecule has 0 saturated heterocycles. The van der Waals surface area contributed by atoms with Gasteiger partial charge in [-0.1, -0.05) is 39.7 Å². The van der Waals surface area contributed by atoms with E-state index >= 15 is 0 Å². The summed E-state index contributed by atoms with van der Waals surface area (Å²) >= 11 is 9.35. The van der Waals surface area contributed by atoms with Crippen LogP contribution in [0.1, 0.15) is 35.3 Å². The van der Waals surface area contributed by atoms with E-state index in [0.29, 0.717) is 20.6 Å². The average Bonchev–Trinajstić information content (AvgIpc) is 2.70. The number of amides is 1. The van der Waals surface area contributed by atoms with E-state index in [-0.39, 0.29) is 31.4 Å². The second-order valence-corrected chi connectivity index (χ2v) is 9.95. The van der Waals surface area contributed by atoms with Gasteiger partial charge >= 0.3 is 13.6 Å². The lowest BCUT2D eigenvalue weighted by molar-refractivity contribution is -0.139. The van der Waals surface area contributed by atoms with Crippen LogP contribution in [0.15, 0.2) is 46.9 Å². The standard InChI is InChI=1S/C21H24BrClNO6P/c1-3-29-31(28,30-4-2)13-14-5-7-15(8-6-14)20(25)24-19(21(26)27)12-16-11-17(23)9-10-18(16)22/h5-11,19H,3-4,12-13H2,1-2H3,(H,24,25)(H,26,27)/t19-/m1/s1. The minimum Gasteiger partial charge on any atom is -0.480 e. The summed E-state index contributed by atoms with van der Waals surface area (Å²) in [4.78, 5) is 24.3. The Morgan fingerprint density at radius 2 is 1.74 bits per heavy atom. The summed E-state index contributed by atoms with van der Waals surface area (Å²) in [7, 11) is -3.26. The molecule has 0 aliphatic heterocycles. The molecule has 0 heterocycles. The number of benzene rings is 2. The quantitative estimate of drug-likeness (QED) is 0.381. The predicted molar refractivity (Wildman–Crippen MR) is 123 cm³/mol. The highest BCUT2D eigenvalue weighted by atomic mass is 79.9. The highest BCUT2D eigenvalue weighted by Gasteiger charge is 2.25. The molecule has 0 spiro atoms. The van der Waals surface area contributed by atoms with E-state index in [2.05, 4.69) is 21.2 Å². The molecule has 0 fully saturated rings. The zero-order chi connectivity index (χ0) is 23.0. The molecule has 2 rings (SSSR count). The predicted octanol–water partition coefficient (Wildman–Crippen LogP) is 5.29. The van der Waals surface area contributed by atoms with Gasteiger partial charge in [-0.05, 0) is 55.3 Å². The number of carboxylic acids is 1. The SMILES string of the molecule is CCOP(=O)(Cc1ccc(C(=O)N[C@H](Cc2cc(Cl)ccc2Br)C(=O)O)cc1)OCC. The zero-order valence-electron chi connectivity index (χ0n) is 17.1. The summed E-state index contributed by atoms with van der Waals surface area (Å²) in [5.74, 6) is -1.69. The van der Waals surface area contributed by atoms with E-state index < -0.39 is 25.5 Å². The fourth-order valence-corrected chi connectivity index (χ4v) is 5.17. The number of aliphatic carboxylic acids is 1. The number of halogens is 2. The lowest BCUT2D eigenvalue weighted by Gasteiger charge is -2.17. The highest BCUT2D eigenvalue weighted by Crippen LogP contribution is 2.51. The van der Waals surface area contributed by atoms with Crippen molar-refractivity contribution < 1.29 is 28.3 Å². The van der Waals surface area contributed by atoms with Crippen LogP contribution in [0, 0.1) is 0 Å². The van der Waals surface area contributed by atoms with Gasteiger partial charge in [0.25, 0.3) is 5.91 Å². The smallest absolute Gasteiger partial charge is 0.335 e. The van der Waals surface area contributed by atoms with E-state index in [0.717, 1.165) is 0 Å². The number of rotatable bonds is 11. The summed E-state index contributed by atoms with van der Waals surface area (Å²) in [6.07, 6.45) is 0.142. The Balaban J connectivity index is 2.10. The van der Waals surface area contributed by atoms with Crippen LogP contribution in [0.4, 0.5) is 0 Å². The molecule has 1 atom stereocenters. The molecule has 168 valence electrons. The number of nitrogens with one attached hydrogen (secondary N) is 1. The number of hydrogen-bond donors (Lipinski definition) is 2. The lowest BCUT2D eigenvalue weighted by Crippen LogP contribution is -2.42. The van der Waals surface area contributed by atoms with Crippen LogP contribution in [0.3, 0.4) is 0 Å². The number of carbonyl (C=O) groups excluding carboxylic acids is 1. The van der Waals surface area contributed by atoms with E-state index in [1.54, 1.807) is 56.3 Å². The molecule has 2 aromatic carbocycles.